The van der Waals surface area contributed by atoms with Gasteiger partial charge in [0.2, 0.25) is 6.10 Å². The van der Waals surface area contributed by atoms with E-state index in [-0.39, 0.29) is 17.9 Å². The van der Waals surface area contributed by atoms with Gasteiger partial charge in [0.25, 0.3) is 5.91 Å². The zero-order valence-electron chi connectivity index (χ0n) is 18.4. The highest BCUT2D eigenvalue weighted by molar-refractivity contribution is 5.94. The molecule has 0 fully saturated rings. The second kappa shape index (κ2) is 7.98. The molecule has 0 bridgehead atoms. The van der Waals surface area contributed by atoms with Crippen LogP contribution in [0.3, 0.4) is 0 Å². The average molecular weight is 421 g/mol. The van der Waals surface area contributed by atoms with Gasteiger partial charge in [0.05, 0.1) is 12.8 Å². The summed E-state index contributed by atoms with van der Waals surface area (Å²) in [5.74, 6) is 2.21. The summed E-state index contributed by atoms with van der Waals surface area (Å²) >= 11 is 0. The van der Waals surface area contributed by atoms with Crippen molar-refractivity contribution in [3.8, 4) is 28.5 Å². The number of fused-ring (bicyclic) bond motifs is 1. The van der Waals surface area contributed by atoms with Gasteiger partial charge < -0.3 is 19.5 Å². The number of carbonyl (C=O) groups is 1. The number of nitrogens with zero attached hydrogens (tertiary/aromatic N) is 2. The van der Waals surface area contributed by atoms with Crippen LogP contribution in [-0.4, -0.2) is 35.5 Å². The van der Waals surface area contributed by atoms with Gasteiger partial charge >= 0.3 is 0 Å². The molecule has 1 aliphatic heterocycles. The van der Waals surface area contributed by atoms with E-state index in [1.165, 1.54) is 0 Å². The number of para-hydroxylation sites is 1. The van der Waals surface area contributed by atoms with Gasteiger partial charge in [0.15, 0.2) is 11.5 Å². The Morgan fingerprint density at radius 1 is 1.16 bits per heavy atom. The van der Waals surface area contributed by atoms with E-state index in [1.807, 2.05) is 48.5 Å². The van der Waals surface area contributed by atoms with Crippen molar-refractivity contribution >= 4 is 11.7 Å². The van der Waals surface area contributed by atoms with E-state index in [0.29, 0.717) is 28.8 Å². The first-order valence-corrected chi connectivity index (χ1v) is 10.2. The zero-order chi connectivity index (χ0) is 22.2. The first-order valence-electron chi connectivity index (χ1n) is 10.2. The Labute approximate surface area is 181 Å². The van der Waals surface area contributed by atoms with Crippen molar-refractivity contribution in [3.63, 3.8) is 0 Å². The predicted molar refractivity (Wildman–Crippen MR) is 119 cm³/mol. The Bertz CT molecular complexity index is 1110. The van der Waals surface area contributed by atoms with E-state index in [4.69, 9.17) is 14.2 Å². The maximum atomic E-state index is 12.8. The fourth-order valence-corrected chi connectivity index (χ4v) is 3.45. The molecule has 0 spiro atoms. The van der Waals surface area contributed by atoms with Crippen molar-refractivity contribution in [2.24, 2.45) is 7.05 Å². The summed E-state index contributed by atoms with van der Waals surface area (Å²) in [4.78, 5) is 12.8. The van der Waals surface area contributed by atoms with Gasteiger partial charge in [0, 0.05) is 18.7 Å². The van der Waals surface area contributed by atoms with E-state index >= 15 is 0 Å². The van der Waals surface area contributed by atoms with Gasteiger partial charge in [-0.3, -0.25) is 9.48 Å². The highest BCUT2D eigenvalue weighted by Gasteiger charge is 2.29. The minimum absolute atomic E-state index is 0.00525. The van der Waals surface area contributed by atoms with E-state index in [0.717, 1.165) is 11.1 Å². The minimum Gasteiger partial charge on any atom is -0.496 e. The van der Waals surface area contributed by atoms with Crippen LogP contribution in [-0.2, 0) is 17.3 Å². The number of ether oxygens (including phenoxy) is 3. The molecule has 1 N–H and O–H groups in total. The molecule has 0 saturated carbocycles. The molecular weight excluding hydrogens is 394 g/mol. The van der Waals surface area contributed by atoms with Crippen LogP contribution in [0.15, 0.2) is 48.5 Å². The molecule has 0 unspecified atom stereocenters. The minimum atomic E-state index is -0.752. The highest BCUT2D eigenvalue weighted by atomic mass is 16.6. The Kier molecular flexibility index (Phi) is 5.35. The van der Waals surface area contributed by atoms with Crippen LogP contribution in [0.5, 0.6) is 17.2 Å². The number of carbonyl (C=O) groups excluding carboxylic acids is 1. The zero-order valence-corrected chi connectivity index (χ0v) is 18.4. The summed E-state index contributed by atoms with van der Waals surface area (Å²) in [6.45, 7) is 6.56. The van der Waals surface area contributed by atoms with Crippen LogP contribution >= 0.6 is 0 Å². The van der Waals surface area contributed by atoms with E-state index in [2.05, 4.69) is 31.2 Å². The Morgan fingerprint density at radius 2 is 1.94 bits per heavy atom. The highest BCUT2D eigenvalue weighted by Crippen LogP contribution is 2.36. The number of methoxy groups -OCH3 is 1. The normalized spacial score (nSPS) is 15.5. The molecule has 0 radical (unpaired) electrons. The first-order chi connectivity index (χ1) is 14.8. The summed E-state index contributed by atoms with van der Waals surface area (Å²) < 4.78 is 18.8. The standard InChI is InChI=1S/C24H27N3O4/c1-24(2,3)15-10-11-19-20(12-15)30-14-21(31-19)23(28)25-22-13-17(26-27(22)4)16-8-6-7-9-18(16)29-5/h6-13,21H,14H2,1-5H3,(H,25,28)/t21-/m1/s1. The fourth-order valence-electron chi connectivity index (χ4n) is 3.45. The second-order valence-electron chi connectivity index (χ2n) is 8.56. The summed E-state index contributed by atoms with van der Waals surface area (Å²) in [6, 6.07) is 15.3. The lowest BCUT2D eigenvalue weighted by Gasteiger charge is -2.28. The molecule has 2 aromatic carbocycles. The van der Waals surface area contributed by atoms with Crippen LogP contribution in [0.4, 0.5) is 5.82 Å². The first kappa shape index (κ1) is 20.8. The van der Waals surface area contributed by atoms with E-state index in [9.17, 15) is 4.79 Å². The summed E-state index contributed by atoms with van der Waals surface area (Å²) in [7, 11) is 3.39. The third-order valence-electron chi connectivity index (χ3n) is 5.28. The lowest BCUT2D eigenvalue weighted by molar-refractivity contribution is -0.125. The number of rotatable bonds is 4. The molecule has 1 amide bonds. The van der Waals surface area contributed by atoms with Crippen LogP contribution in [0.2, 0.25) is 0 Å². The van der Waals surface area contributed by atoms with Gasteiger partial charge in [-0.1, -0.05) is 39.0 Å². The molecule has 1 atom stereocenters. The van der Waals surface area contributed by atoms with Gasteiger partial charge in [-0.05, 0) is 35.2 Å². The SMILES string of the molecule is COc1ccccc1-c1cc(NC(=O)[C@H]2COc3cc(C(C)(C)C)ccc3O2)n(C)n1. The molecule has 4 rings (SSSR count). The number of anilines is 1. The number of aryl methyl sites for hydroxylation is 1. The summed E-state index contributed by atoms with van der Waals surface area (Å²) in [5.41, 5.74) is 2.71. The third-order valence-corrected chi connectivity index (χ3v) is 5.28. The maximum Gasteiger partial charge on any atom is 0.270 e. The average Bonchev–Trinajstić information content (AvgIpc) is 3.12. The predicted octanol–water partition coefficient (Wildman–Crippen LogP) is 4.17. The molecular formula is C24H27N3O4. The van der Waals surface area contributed by atoms with Crippen molar-refractivity contribution in [1.82, 2.24) is 9.78 Å². The molecule has 2 heterocycles. The van der Waals surface area contributed by atoms with Crippen LogP contribution in [0.1, 0.15) is 26.3 Å². The monoisotopic (exact) mass is 421 g/mol. The van der Waals surface area contributed by atoms with E-state index < -0.39 is 6.10 Å². The number of amides is 1. The van der Waals surface area contributed by atoms with Gasteiger partial charge in [-0.25, -0.2) is 0 Å². The molecule has 162 valence electrons. The van der Waals surface area contributed by atoms with Crippen molar-refractivity contribution in [2.45, 2.75) is 32.3 Å². The Morgan fingerprint density at radius 3 is 2.68 bits per heavy atom. The lowest BCUT2D eigenvalue weighted by atomic mass is 9.87. The van der Waals surface area contributed by atoms with Gasteiger partial charge in [-0.15, -0.1) is 0 Å². The third kappa shape index (κ3) is 4.21. The van der Waals surface area contributed by atoms with Crippen molar-refractivity contribution in [1.29, 1.82) is 0 Å². The number of nitrogens with one attached hydrogen (secondary N) is 1. The second-order valence-corrected chi connectivity index (χ2v) is 8.56. The summed E-state index contributed by atoms with van der Waals surface area (Å²) in [6.07, 6.45) is -0.752. The number of benzene rings is 2. The maximum absolute atomic E-state index is 12.8. The molecule has 0 saturated heterocycles. The molecule has 7 heteroatoms. The number of aromatic nitrogens is 2. The van der Waals surface area contributed by atoms with Crippen LogP contribution in [0.25, 0.3) is 11.3 Å². The molecule has 0 aliphatic carbocycles. The van der Waals surface area contributed by atoms with Crippen molar-refractivity contribution in [2.75, 3.05) is 19.0 Å². The van der Waals surface area contributed by atoms with Gasteiger partial charge in [0.1, 0.15) is 18.2 Å². The van der Waals surface area contributed by atoms with Crippen molar-refractivity contribution < 1.29 is 19.0 Å². The molecule has 31 heavy (non-hydrogen) atoms. The largest absolute Gasteiger partial charge is 0.496 e. The van der Waals surface area contributed by atoms with Crippen molar-refractivity contribution in [3.05, 3.63) is 54.1 Å². The molecule has 7 nitrogen and oxygen atoms in total. The quantitative estimate of drug-likeness (QED) is 0.684. The van der Waals surface area contributed by atoms with Crippen LogP contribution in [0, 0.1) is 0 Å². The molecule has 1 aromatic heterocycles. The molecule has 3 aromatic rings. The summed E-state index contributed by atoms with van der Waals surface area (Å²) in [5, 5.41) is 7.40. The lowest BCUT2D eigenvalue weighted by Crippen LogP contribution is -2.40. The number of hydrogen-bond donors (Lipinski definition) is 1. The smallest absolute Gasteiger partial charge is 0.270 e. The van der Waals surface area contributed by atoms with Gasteiger partial charge in [-0.2, -0.15) is 5.10 Å². The van der Waals surface area contributed by atoms with E-state index in [1.54, 1.807) is 18.8 Å². The van der Waals surface area contributed by atoms with Crippen LogP contribution < -0.4 is 19.5 Å². The topological polar surface area (TPSA) is 74.6 Å². The Balaban J connectivity index is 1.49. The fraction of sp³-hybridized carbons (Fsp3) is 0.333. The number of hydrogen-bond acceptors (Lipinski definition) is 5. The molecule has 1 aliphatic rings. The Hall–Kier alpha value is -3.48.